The number of anilines is 1. The number of aryl methyl sites for hydroxylation is 1. The van der Waals surface area contributed by atoms with E-state index in [-0.39, 0.29) is 6.04 Å². The first-order valence-electron chi connectivity index (χ1n) is 5.70. The lowest BCUT2D eigenvalue weighted by Gasteiger charge is -2.14. The molecule has 94 valence electrons. The largest absolute Gasteiger partial charge is 0.444 e. The molecule has 0 aliphatic carbocycles. The van der Waals surface area contributed by atoms with Crippen LogP contribution in [0.2, 0.25) is 0 Å². The molecule has 1 unspecified atom stereocenters. The van der Waals surface area contributed by atoms with Gasteiger partial charge in [0.25, 0.3) is 0 Å². The summed E-state index contributed by atoms with van der Waals surface area (Å²) in [4.78, 5) is 4.16. The van der Waals surface area contributed by atoms with Crippen LogP contribution in [0.25, 0.3) is 0 Å². The van der Waals surface area contributed by atoms with E-state index in [2.05, 4.69) is 15.6 Å². The molecule has 5 heteroatoms. The van der Waals surface area contributed by atoms with E-state index in [1.165, 1.54) is 0 Å². The molecule has 0 saturated heterocycles. The Bertz CT molecular complexity index is 524. The first-order valence-corrected chi connectivity index (χ1v) is 6.11. The quantitative estimate of drug-likeness (QED) is 0.832. The van der Waals surface area contributed by atoms with Crippen molar-refractivity contribution in [3.63, 3.8) is 0 Å². The summed E-state index contributed by atoms with van der Waals surface area (Å²) in [6.45, 7) is 3.81. The third-order valence-corrected chi connectivity index (χ3v) is 2.61. The summed E-state index contributed by atoms with van der Waals surface area (Å²) < 4.78 is 5.44. The number of hydrogen-bond acceptors (Lipinski definition) is 3. The predicted octanol–water partition coefficient (Wildman–Crippen LogP) is 3.03. The highest BCUT2D eigenvalue weighted by Crippen LogP contribution is 2.12. The second-order valence-corrected chi connectivity index (χ2v) is 4.40. The van der Waals surface area contributed by atoms with Gasteiger partial charge in [0, 0.05) is 5.69 Å². The van der Waals surface area contributed by atoms with Gasteiger partial charge in [-0.25, -0.2) is 4.98 Å². The van der Waals surface area contributed by atoms with Crippen molar-refractivity contribution in [3.05, 3.63) is 48.2 Å². The van der Waals surface area contributed by atoms with Gasteiger partial charge in [0.05, 0.1) is 6.20 Å². The fraction of sp³-hybridized carbons (Fsp3) is 0.231. The third-order valence-electron chi connectivity index (χ3n) is 2.39. The van der Waals surface area contributed by atoms with Crippen LogP contribution in [0.15, 0.2) is 40.9 Å². The minimum Gasteiger partial charge on any atom is -0.444 e. The van der Waals surface area contributed by atoms with E-state index in [4.69, 9.17) is 16.6 Å². The van der Waals surface area contributed by atoms with E-state index in [0.717, 1.165) is 11.4 Å². The Balaban J connectivity index is 1.92. The molecule has 0 aliphatic heterocycles. The highest BCUT2D eigenvalue weighted by atomic mass is 32.1. The smallest absolute Gasteiger partial charge is 0.216 e. The van der Waals surface area contributed by atoms with Crippen molar-refractivity contribution in [3.8, 4) is 0 Å². The molecule has 2 rings (SSSR count). The molecule has 1 heterocycles. The number of nitrogens with one attached hydrogen (secondary N) is 2. The van der Waals surface area contributed by atoms with Crippen LogP contribution in [0, 0.1) is 6.92 Å². The van der Waals surface area contributed by atoms with Gasteiger partial charge in [-0.3, -0.25) is 0 Å². The molecule has 1 aromatic carbocycles. The van der Waals surface area contributed by atoms with Crippen LogP contribution >= 0.6 is 12.2 Å². The van der Waals surface area contributed by atoms with Crippen molar-refractivity contribution in [2.45, 2.75) is 19.9 Å². The Morgan fingerprint density at radius 1 is 1.33 bits per heavy atom. The van der Waals surface area contributed by atoms with Gasteiger partial charge in [-0.1, -0.05) is 18.2 Å². The highest BCUT2D eigenvalue weighted by molar-refractivity contribution is 7.80. The van der Waals surface area contributed by atoms with E-state index in [9.17, 15) is 0 Å². The number of rotatable bonds is 3. The van der Waals surface area contributed by atoms with Gasteiger partial charge in [-0.15, -0.1) is 0 Å². The van der Waals surface area contributed by atoms with Gasteiger partial charge in [0.15, 0.2) is 5.11 Å². The Kier molecular flexibility index (Phi) is 3.94. The van der Waals surface area contributed by atoms with Gasteiger partial charge < -0.3 is 15.1 Å². The van der Waals surface area contributed by atoms with Crippen LogP contribution in [0.4, 0.5) is 5.69 Å². The molecule has 4 nitrogen and oxygen atoms in total. The lowest BCUT2D eigenvalue weighted by molar-refractivity contribution is 0.430. The Labute approximate surface area is 111 Å². The maximum atomic E-state index is 5.44. The van der Waals surface area contributed by atoms with Gasteiger partial charge >= 0.3 is 0 Å². The van der Waals surface area contributed by atoms with E-state index in [1.807, 2.05) is 44.2 Å². The summed E-state index contributed by atoms with van der Waals surface area (Å²) in [5.41, 5.74) is 0.950. The van der Waals surface area contributed by atoms with E-state index >= 15 is 0 Å². The Hall–Kier alpha value is -1.88. The average molecular weight is 261 g/mol. The lowest BCUT2D eigenvalue weighted by atomic mass is 10.3. The molecule has 1 atom stereocenters. The molecule has 0 fully saturated rings. The molecule has 0 amide bonds. The van der Waals surface area contributed by atoms with Gasteiger partial charge in [-0.2, -0.15) is 0 Å². The molecule has 1 aromatic heterocycles. The van der Waals surface area contributed by atoms with Crippen molar-refractivity contribution in [2.75, 3.05) is 5.32 Å². The molecular formula is C13H15N3OS. The van der Waals surface area contributed by atoms with Crippen LogP contribution < -0.4 is 10.6 Å². The number of para-hydroxylation sites is 1. The summed E-state index contributed by atoms with van der Waals surface area (Å²) in [7, 11) is 0. The number of thiocarbonyl (C=S) groups is 1. The maximum Gasteiger partial charge on any atom is 0.216 e. The van der Waals surface area contributed by atoms with E-state index in [1.54, 1.807) is 6.20 Å². The van der Waals surface area contributed by atoms with Crippen molar-refractivity contribution in [1.29, 1.82) is 0 Å². The summed E-state index contributed by atoms with van der Waals surface area (Å²) in [5.74, 6) is 1.42. The fourth-order valence-corrected chi connectivity index (χ4v) is 1.81. The topological polar surface area (TPSA) is 50.1 Å². The maximum absolute atomic E-state index is 5.44. The van der Waals surface area contributed by atoms with Crippen LogP contribution in [0.1, 0.15) is 24.6 Å². The van der Waals surface area contributed by atoms with Crippen LogP contribution in [-0.2, 0) is 0 Å². The number of nitrogens with zero attached hydrogens (tertiary/aromatic N) is 1. The monoisotopic (exact) mass is 261 g/mol. The number of oxazole rings is 1. The first-order chi connectivity index (χ1) is 8.65. The molecule has 0 spiro atoms. The summed E-state index contributed by atoms with van der Waals surface area (Å²) in [6.07, 6.45) is 1.70. The van der Waals surface area contributed by atoms with Gasteiger partial charge in [0.1, 0.15) is 11.8 Å². The second-order valence-electron chi connectivity index (χ2n) is 4.00. The minimum atomic E-state index is -0.0672. The average Bonchev–Trinajstić information content (AvgIpc) is 2.77. The van der Waals surface area contributed by atoms with Crippen LogP contribution in [0.3, 0.4) is 0 Å². The Morgan fingerprint density at radius 3 is 2.67 bits per heavy atom. The summed E-state index contributed by atoms with van der Waals surface area (Å²) >= 11 is 5.23. The van der Waals surface area contributed by atoms with Crippen molar-refractivity contribution in [2.24, 2.45) is 0 Å². The molecule has 0 bridgehead atoms. The zero-order chi connectivity index (χ0) is 13.0. The molecule has 2 aromatic rings. The predicted molar refractivity (Wildman–Crippen MR) is 75.5 cm³/mol. The van der Waals surface area contributed by atoms with Gasteiger partial charge in [-0.05, 0) is 38.2 Å². The zero-order valence-electron chi connectivity index (χ0n) is 10.3. The molecule has 0 radical (unpaired) electrons. The standard InChI is InChI=1S/C13H15N3OS/c1-9-8-14-12(17-9)10(2)15-13(18)16-11-6-4-3-5-7-11/h3-8,10H,1-2H3,(H2,15,16,18). The third kappa shape index (κ3) is 3.30. The number of aromatic nitrogens is 1. The number of hydrogen-bond donors (Lipinski definition) is 2. The molecule has 18 heavy (non-hydrogen) atoms. The SMILES string of the molecule is Cc1cnc(C(C)NC(=S)Nc2ccccc2)o1. The zero-order valence-corrected chi connectivity index (χ0v) is 11.1. The van der Waals surface area contributed by atoms with Crippen LogP contribution in [0.5, 0.6) is 0 Å². The fourth-order valence-electron chi connectivity index (χ4n) is 1.52. The molecule has 2 N–H and O–H groups in total. The van der Waals surface area contributed by atoms with E-state index < -0.39 is 0 Å². The first kappa shape index (κ1) is 12.6. The summed E-state index contributed by atoms with van der Waals surface area (Å²) in [5, 5.41) is 6.77. The summed E-state index contributed by atoms with van der Waals surface area (Å²) in [6, 6.07) is 9.70. The lowest BCUT2D eigenvalue weighted by Crippen LogP contribution is -2.31. The van der Waals surface area contributed by atoms with Crippen molar-refractivity contribution >= 4 is 23.0 Å². The van der Waals surface area contributed by atoms with Gasteiger partial charge in [0.2, 0.25) is 5.89 Å². The highest BCUT2D eigenvalue weighted by Gasteiger charge is 2.12. The van der Waals surface area contributed by atoms with Crippen molar-refractivity contribution in [1.82, 2.24) is 10.3 Å². The number of benzene rings is 1. The minimum absolute atomic E-state index is 0.0672. The molecular weight excluding hydrogens is 246 g/mol. The van der Waals surface area contributed by atoms with Crippen molar-refractivity contribution < 1.29 is 4.42 Å². The van der Waals surface area contributed by atoms with Crippen LogP contribution in [-0.4, -0.2) is 10.1 Å². The molecule has 0 saturated carbocycles. The van der Waals surface area contributed by atoms with E-state index in [0.29, 0.717) is 11.0 Å². The second kappa shape index (κ2) is 5.64. The molecule has 0 aliphatic rings. The Morgan fingerprint density at radius 2 is 2.06 bits per heavy atom. The normalized spacial score (nSPS) is 11.9.